The molecule has 148 valence electrons. The third-order valence-corrected chi connectivity index (χ3v) is 4.60. The normalized spacial score (nSPS) is 11.4. The minimum Gasteiger partial charge on any atom is -0.507 e. The lowest BCUT2D eigenvalue weighted by molar-refractivity contribution is -0.123. The molecular formula is C22H18INO5. The number of para-hydroxylation sites is 1. The van der Waals surface area contributed by atoms with Crippen molar-refractivity contribution in [2.75, 3.05) is 5.32 Å². The summed E-state index contributed by atoms with van der Waals surface area (Å²) in [6, 6.07) is 20.7. The van der Waals surface area contributed by atoms with Crippen LogP contribution in [0.3, 0.4) is 0 Å². The average Bonchev–Trinajstić information content (AvgIpc) is 2.72. The van der Waals surface area contributed by atoms with Crippen molar-refractivity contribution in [3.8, 4) is 17.2 Å². The highest BCUT2D eigenvalue weighted by molar-refractivity contribution is 14.1. The zero-order chi connectivity index (χ0) is 20.8. The molecule has 0 saturated carbocycles. The van der Waals surface area contributed by atoms with Gasteiger partial charge >= 0.3 is 5.97 Å². The van der Waals surface area contributed by atoms with Gasteiger partial charge in [0, 0.05) is 9.26 Å². The predicted octanol–water partition coefficient (Wildman–Crippen LogP) is 4.97. The first-order valence-corrected chi connectivity index (χ1v) is 9.83. The molecule has 0 aliphatic heterocycles. The first-order chi connectivity index (χ1) is 13.9. The SMILES string of the molecule is CC(OC(=O)c1cc(I)ccc1O)C(=O)Nc1ccc(Oc2ccccc2)cc1. The van der Waals surface area contributed by atoms with E-state index < -0.39 is 18.0 Å². The Balaban J connectivity index is 1.57. The summed E-state index contributed by atoms with van der Waals surface area (Å²) in [5.41, 5.74) is 0.550. The summed E-state index contributed by atoms with van der Waals surface area (Å²) < 4.78 is 11.6. The highest BCUT2D eigenvalue weighted by Gasteiger charge is 2.21. The number of aromatic hydroxyl groups is 1. The number of anilines is 1. The van der Waals surface area contributed by atoms with Crippen LogP contribution in [0, 0.1) is 3.57 Å². The zero-order valence-corrected chi connectivity index (χ0v) is 17.6. The minimum atomic E-state index is -1.04. The molecule has 0 spiro atoms. The van der Waals surface area contributed by atoms with Gasteiger partial charge in [-0.05, 0) is 84.1 Å². The quantitative estimate of drug-likeness (QED) is 0.367. The summed E-state index contributed by atoms with van der Waals surface area (Å²) in [6.45, 7) is 1.46. The second kappa shape index (κ2) is 9.42. The standard InChI is InChI=1S/C22H18INO5/c1-14(28-22(27)19-13-15(23)7-12-20(19)25)21(26)24-16-8-10-18(11-9-16)29-17-5-3-2-4-6-17/h2-14,25H,1H3,(H,24,26). The van der Waals surface area contributed by atoms with E-state index in [4.69, 9.17) is 9.47 Å². The van der Waals surface area contributed by atoms with Crippen LogP contribution in [-0.2, 0) is 9.53 Å². The van der Waals surface area contributed by atoms with E-state index in [0.717, 1.165) is 3.57 Å². The van der Waals surface area contributed by atoms with Crippen molar-refractivity contribution in [3.05, 3.63) is 81.9 Å². The van der Waals surface area contributed by atoms with Crippen molar-refractivity contribution in [2.24, 2.45) is 0 Å². The molecule has 29 heavy (non-hydrogen) atoms. The highest BCUT2D eigenvalue weighted by Crippen LogP contribution is 2.23. The number of amides is 1. The number of carbonyl (C=O) groups is 2. The molecule has 0 saturated heterocycles. The molecule has 1 atom stereocenters. The molecule has 0 aliphatic rings. The lowest BCUT2D eigenvalue weighted by Gasteiger charge is -2.14. The molecule has 0 radical (unpaired) electrons. The van der Waals surface area contributed by atoms with E-state index in [-0.39, 0.29) is 11.3 Å². The van der Waals surface area contributed by atoms with Gasteiger partial charge in [0.15, 0.2) is 6.10 Å². The fraction of sp³-hybridized carbons (Fsp3) is 0.0909. The lowest BCUT2D eigenvalue weighted by atomic mass is 10.2. The zero-order valence-electron chi connectivity index (χ0n) is 15.5. The van der Waals surface area contributed by atoms with Crippen LogP contribution in [0.5, 0.6) is 17.2 Å². The summed E-state index contributed by atoms with van der Waals surface area (Å²) in [6.07, 6.45) is -1.04. The molecular weight excluding hydrogens is 485 g/mol. The van der Waals surface area contributed by atoms with Gasteiger partial charge in [-0.1, -0.05) is 18.2 Å². The molecule has 0 heterocycles. The molecule has 3 rings (SSSR count). The average molecular weight is 503 g/mol. The third kappa shape index (κ3) is 5.71. The smallest absolute Gasteiger partial charge is 0.342 e. The first kappa shape index (κ1) is 20.7. The first-order valence-electron chi connectivity index (χ1n) is 8.76. The van der Waals surface area contributed by atoms with E-state index in [2.05, 4.69) is 5.32 Å². The van der Waals surface area contributed by atoms with Crippen molar-refractivity contribution in [3.63, 3.8) is 0 Å². The largest absolute Gasteiger partial charge is 0.507 e. The van der Waals surface area contributed by atoms with E-state index >= 15 is 0 Å². The number of nitrogens with one attached hydrogen (secondary N) is 1. The summed E-state index contributed by atoms with van der Waals surface area (Å²) in [7, 11) is 0. The topological polar surface area (TPSA) is 84.9 Å². The van der Waals surface area contributed by atoms with Crippen LogP contribution in [-0.4, -0.2) is 23.1 Å². The number of phenols is 1. The Kier molecular flexibility index (Phi) is 6.71. The van der Waals surface area contributed by atoms with Crippen molar-refractivity contribution in [1.29, 1.82) is 0 Å². The van der Waals surface area contributed by atoms with Crippen molar-refractivity contribution < 1.29 is 24.2 Å². The van der Waals surface area contributed by atoms with Gasteiger partial charge in [-0.2, -0.15) is 0 Å². The Bertz CT molecular complexity index is 1010. The van der Waals surface area contributed by atoms with Crippen LogP contribution < -0.4 is 10.1 Å². The summed E-state index contributed by atoms with van der Waals surface area (Å²) >= 11 is 2.02. The Labute approximate surface area is 181 Å². The summed E-state index contributed by atoms with van der Waals surface area (Å²) in [5.74, 6) is -0.112. The van der Waals surface area contributed by atoms with Gasteiger partial charge in [-0.15, -0.1) is 0 Å². The van der Waals surface area contributed by atoms with E-state index in [9.17, 15) is 14.7 Å². The fourth-order valence-corrected chi connectivity index (χ4v) is 2.92. The number of halogens is 1. The van der Waals surface area contributed by atoms with Crippen LogP contribution in [0.25, 0.3) is 0 Å². The van der Waals surface area contributed by atoms with Gasteiger partial charge in [0.2, 0.25) is 0 Å². The minimum absolute atomic E-state index is 0.0129. The molecule has 0 aliphatic carbocycles. The summed E-state index contributed by atoms with van der Waals surface area (Å²) in [4.78, 5) is 24.5. The van der Waals surface area contributed by atoms with Gasteiger partial charge < -0.3 is 19.9 Å². The van der Waals surface area contributed by atoms with E-state index in [1.165, 1.54) is 19.1 Å². The van der Waals surface area contributed by atoms with Crippen LogP contribution in [0.1, 0.15) is 17.3 Å². The van der Waals surface area contributed by atoms with E-state index in [0.29, 0.717) is 17.2 Å². The number of ether oxygens (including phenoxy) is 2. The molecule has 3 aromatic carbocycles. The maximum Gasteiger partial charge on any atom is 0.342 e. The van der Waals surface area contributed by atoms with Crippen LogP contribution in [0.15, 0.2) is 72.8 Å². The Morgan fingerprint density at radius 2 is 1.62 bits per heavy atom. The Hall–Kier alpha value is -3.07. The maximum absolute atomic E-state index is 12.3. The molecule has 1 unspecified atom stereocenters. The molecule has 6 nitrogen and oxygen atoms in total. The van der Waals surface area contributed by atoms with Crippen LogP contribution in [0.4, 0.5) is 5.69 Å². The number of benzene rings is 3. The molecule has 0 bridgehead atoms. The van der Waals surface area contributed by atoms with Crippen LogP contribution in [0.2, 0.25) is 0 Å². The van der Waals surface area contributed by atoms with E-state index in [1.807, 2.05) is 52.9 Å². The molecule has 2 N–H and O–H groups in total. The van der Waals surface area contributed by atoms with E-state index in [1.54, 1.807) is 30.3 Å². The Morgan fingerprint density at radius 3 is 2.31 bits per heavy atom. The molecule has 0 aromatic heterocycles. The number of rotatable bonds is 6. The number of carbonyl (C=O) groups excluding carboxylic acids is 2. The van der Waals surface area contributed by atoms with Gasteiger partial charge in [0.05, 0.1) is 0 Å². The Morgan fingerprint density at radius 1 is 0.966 bits per heavy atom. The number of esters is 1. The highest BCUT2D eigenvalue weighted by atomic mass is 127. The molecule has 1 amide bonds. The second-order valence-corrected chi connectivity index (χ2v) is 7.38. The molecule has 7 heteroatoms. The number of hydrogen-bond donors (Lipinski definition) is 2. The molecule has 3 aromatic rings. The fourth-order valence-electron chi connectivity index (χ4n) is 2.42. The summed E-state index contributed by atoms with van der Waals surface area (Å²) in [5, 5.41) is 12.5. The van der Waals surface area contributed by atoms with Gasteiger partial charge in [0.25, 0.3) is 5.91 Å². The van der Waals surface area contributed by atoms with Gasteiger partial charge in [-0.25, -0.2) is 4.79 Å². The second-order valence-electron chi connectivity index (χ2n) is 6.14. The van der Waals surface area contributed by atoms with Crippen molar-refractivity contribution in [1.82, 2.24) is 0 Å². The predicted molar refractivity (Wildman–Crippen MR) is 117 cm³/mol. The van der Waals surface area contributed by atoms with Gasteiger partial charge in [-0.3, -0.25) is 4.79 Å². The van der Waals surface area contributed by atoms with Crippen LogP contribution >= 0.6 is 22.6 Å². The monoisotopic (exact) mass is 503 g/mol. The lowest BCUT2D eigenvalue weighted by Crippen LogP contribution is -2.30. The number of phenolic OH excluding ortho intramolecular Hbond substituents is 1. The number of hydrogen-bond acceptors (Lipinski definition) is 5. The third-order valence-electron chi connectivity index (χ3n) is 3.93. The molecule has 0 fully saturated rings. The van der Waals surface area contributed by atoms with Crippen molar-refractivity contribution >= 4 is 40.2 Å². The van der Waals surface area contributed by atoms with Gasteiger partial charge in [0.1, 0.15) is 22.8 Å². The van der Waals surface area contributed by atoms with Crippen molar-refractivity contribution in [2.45, 2.75) is 13.0 Å². The maximum atomic E-state index is 12.3.